The van der Waals surface area contributed by atoms with Crippen LogP contribution < -0.4 is 0 Å². The molecule has 0 aliphatic heterocycles. The minimum Gasteiger partial charge on any atom is -0.759 e. The summed E-state index contributed by atoms with van der Waals surface area (Å²) >= 11 is 0. The summed E-state index contributed by atoms with van der Waals surface area (Å²) in [7, 11) is -41.3. The third kappa shape index (κ3) is 1970. The predicted molar refractivity (Wildman–Crippen MR) is 130 cm³/mol. The van der Waals surface area contributed by atoms with E-state index in [0.29, 0.717) is 0 Å². The first-order valence-electron chi connectivity index (χ1n) is 5.33. The van der Waals surface area contributed by atoms with Crippen LogP contribution in [-0.4, -0.2) is 442 Å². The molecule has 32 nitrogen and oxygen atoms in total. The maximum atomic E-state index is 8.52. The Balaban J connectivity index is -0.0000000170. The van der Waals surface area contributed by atoms with Crippen molar-refractivity contribution in [3.05, 3.63) is 0 Å². The molecule has 0 spiro atoms. The molecule has 0 unspecified atom stereocenters. The molecule has 0 radical (unpaired) electrons. The number of hydrogen-bond acceptors (Lipinski definition) is 32. The molecule has 0 aliphatic carbocycles. The Bertz CT molecular complexity index is 1090. The third-order valence-corrected chi connectivity index (χ3v) is 0. The van der Waals surface area contributed by atoms with Gasteiger partial charge in [-0.05, 0) is 0 Å². The molecular weight excluding hydrogens is 1090 g/mol. The molecule has 0 bridgehead atoms. The summed E-state index contributed by atoms with van der Waals surface area (Å²) in [6.07, 6.45) is 0. The van der Waals surface area contributed by atoms with E-state index >= 15 is 0 Å². The SMILES string of the molecule is O=S(=O)([O-])[O-].O=S(=O)([O-])[O-].O=S(=O)([O-])[O-].O=S(=O)([O-])[O-].O=S(=O)([O-])[O-].O=S(=O)([O-])[O-].O=S(=O)([O-])[O-].O=S(=O)([O-])[O-].[Ca+2].[Ca+2].[Ca+2].[Ca+2].[Ca+2].[Ca+2].[Ca+2].[Ca+2]. The summed E-state index contributed by atoms with van der Waals surface area (Å²) in [5.74, 6) is 0. The maximum absolute atomic E-state index is 8.52. The van der Waals surface area contributed by atoms with Crippen molar-refractivity contribution < 1.29 is 140 Å². The number of hydrogen-bond donors (Lipinski definition) is 0. The van der Waals surface area contributed by atoms with Crippen LogP contribution in [0.1, 0.15) is 0 Å². The molecule has 0 aliphatic rings. The van der Waals surface area contributed by atoms with Crippen LogP contribution in [0.15, 0.2) is 0 Å². The molecule has 48 heavy (non-hydrogen) atoms. The minimum absolute atomic E-state index is 0. The Morgan fingerprint density at radius 1 is 0.146 bits per heavy atom. The van der Waals surface area contributed by atoms with E-state index in [1.54, 1.807) is 0 Å². The van der Waals surface area contributed by atoms with Crippen molar-refractivity contribution in [1.82, 2.24) is 0 Å². The fourth-order valence-corrected chi connectivity index (χ4v) is 0. The predicted octanol–water partition coefficient (Wildman–Crippen LogP) is -13.8. The smallest absolute Gasteiger partial charge is 0.759 e. The van der Waals surface area contributed by atoms with Gasteiger partial charge < -0.3 is 72.8 Å². The van der Waals surface area contributed by atoms with Gasteiger partial charge in [-0.1, -0.05) is 0 Å². The molecule has 0 rings (SSSR count). The van der Waals surface area contributed by atoms with Crippen molar-refractivity contribution in [2.75, 3.05) is 0 Å². The molecule has 0 amide bonds. The molecule has 0 atom stereocenters. The third-order valence-electron chi connectivity index (χ3n) is 0. The van der Waals surface area contributed by atoms with Gasteiger partial charge in [-0.25, -0.2) is 0 Å². The zero-order chi connectivity index (χ0) is 36.0. The van der Waals surface area contributed by atoms with E-state index < -0.39 is 83.2 Å². The van der Waals surface area contributed by atoms with Crippen LogP contribution >= 0.6 is 0 Å². The monoisotopic (exact) mass is 1090 g/mol. The van der Waals surface area contributed by atoms with Gasteiger partial charge in [0.2, 0.25) is 0 Å². The minimum atomic E-state index is -5.17. The van der Waals surface area contributed by atoms with Gasteiger partial charge in [0.15, 0.2) is 0 Å². The van der Waals surface area contributed by atoms with Gasteiger partial charge in [0, 0.05) is 83.2 Å². The Labute approximate surface area is 511 Å². The van der Waals surface area contributed by atoms with Gasteiger partial charge in [0.1, 0.15) is 0 Å². The first-order valence-corrected chi connectivity index (χ1v) is 16.0. The van der Waals surface area contributed by atoms with E-state index in [0.717, 1.165) is 0 Å². The summed E-state index contributed by atoms with van der Waals surface area (Å²) in [6.45, 7) is 0. The van der Waals surface area contributed by atoms with Crippen LogP contribution in [0.4, 0.5) is 0 Å². The number of rotatable bonds is 0. The van der Waals surface area contributed by atoms with Crippen LogP contribution in [0.3, 0.4) is 0 Å². The van der Waals surface area contributed by atoms with Crippen molar-refractivity contribution in [3.63, 3.8) is 0 Å². The first-order chi connectivity index (χ1) is 16.0. The van der Waals surface area contributed by atoms with E-state index in [4.69, 9.17) is 140 Å². The van der Waals surface area contributed by atoms with Gasteiger partial charge in [0.05, 0.1) is 0 Å². The Kier molecular flexibility index (Phi) is 116. The van der Waals surface area contributed by atoms with Gasteiger partial charge >= 0.3 is 302 Å². The van der Waals surface area contributed by atoms with Crippen molar-refractivity contribution in [2.45, 2.75) is 0 Å². The van der Waals surface area contributed by atoms with E-state index in [2.05, 4.69) is 0 Å². The zero-order valence-electron chi connectivity index (χ0n) is 22.0. The summed E-state index contributed by atoms with van der Waals surface area (Å²) < 4.78 is 273. The Morgan fingerprint density at radius 3 is 0.146 bits per heavy atom. The standard InChI is InChI=1S/8Ca.8H2O4S/c;;;;;;;;8*1-5(2,3)4/h;;;;;;;;8*(H2,1,2,3,4)/q8*+2;;;;;;;;/p-16. The van der Waals surface area contributed by atoms with E-state index in [-0.39, 0.29) is 302 Å². The van der Waals surface area contributed by atoms with Crippen molar-refractivity contribution >= 4 is 385 Å². The molecule has 0 aromatic rings. The summed E-state index contributed by atoms with van der Waals surface area (Å²) in [5.41, 5.74) is 0. The van der Waals surface area contributed by atoms with Crippen LogP contribution in [0, 0.1) is 0 Å². The average molecular weight is 1090 g/mol. The van der Waals surface area contributed by atoms with Gasteiger partial charge in [-0.3, -0.25) is 67.3 Å². The summed E-state index contributed by atoms with van der Waals surface area (Å²) in [4.78, 5) is 0. The Hall–Kier alpha value is 9.04. The largest absolute Gasteiger partial charge is 2.00 e. The van der Waals surface area contributed by atoms with Gasteiger partial charge in [0.25, 0.3) is 0 Å². The zero-order valence-corrected chi connectivity index (χ0v) is 46.2. The molecule has 0 saturated heterocycles. The topological polar surface area (TPSA) is 642 Å². The van der Waals surface area contributed by atoms with Crippen LogP contribution in [0.25, 0.3) is 0 Å². The van der Waals surface area contributed by atoms with E-state index in [1.807, 2.05) is 0 Å². The molecule has 0 N–H and O–H groups in total. The van der Waals surface area contributed by atoms with Crippen molar-refractivity contribution in [3.8, 4) is 0 Å². The molecule has 0 fully saturated rings. The molecule has 0 aromatic heterocycles. The second kappa shape index (κ2) is 52.2. The second-order valence-electron chi connectivity index (χ2n) is 3.27. The summed E-state index contributed by atoms with van der Waals surface area (Å²) in [6, 6.07) is 0. The normalized spacial score (nSPS) is 9.67. The van der Waals surface area contributed by atoms with Gasteiger partial charge in [-0.15, -0.1) is 0 Å². The average Bonchev–Trinajstić information content (AvgIpc) is 2.16. The van der Waals surface area contributed by atoms with E-state index in [1.165, 1.54) is 0 Å². The molecule has 256 valence electrons. The molecule has 0 heterocycles. The van der Waals surface area contributed by atoms with Crippen LogP contribution in [0.2, 0.25) is 0 Å². The maximum Gasteiger partial charge on any atom is 2.00 e. The first kappa shape index (κ1) is 106. The van der Waals surface area contributed by atoms with Crippen LogP contribution in [-0.2, 0) is 83.2 Å². The fourth-order valence-electron chi connectivity index (χ4n) is 0. The molecule has 48 heteroatoms. The van der Waals surface area contributed by atoms with Crippen molar-refractivity contribution in [2.24, 2.45) is 0 Å². The second-order valence-corrected chi connectivity index (χ2v) is 9.80. The van der Waals surface area contributed by atoms with Crippen molar-refractivity contribution in [1.29, 1.82) is 0 Å². The molecule has 0 aromatic carbocycles. The molecule has 0 saturated carbocycles. The van der Waals surface area contributed by atoms with Gasteiger partial charge in [-0.2, -0.15) is 0 Å². The molecular formula is Ca8O32S8. The van der Waals surface area contributed by atoms with Crippen LogP contribution in [0.5, 0.6) is 0 Å². The Morgan fingerprint density at radius 2 is 0.146 bits per heavy atom. The fraction of sp³-hybridized carbons (Fsp3) is 0. The quantitative estimate of drug-likeness (QED) is 0.123. The van der Waals surface area contributed by atoms with E-state index in [9.17, 15) is 0 Å². The summed E-state index contributed by atoms with van der Waals surface area (Å²) in [5, 5.41) is 0.